The summed E-state index contributed by atoms with van der Waals surface area (Å²) in [4.78, 5) is 22.7. The van der Waals surface area contributed by atoms with Crippen LogP contribution in [0.2, 0.25) is 0 Å². The molecule has 0 fully saturated rings. The molecule has 2 rings (SSSR count). The maximum atomic E-state index is 11.5. The average molecular weight is 322 g/mol. The van der Waals surface area contributed by atoms with Gasteiger partial charge in [0.1, 0.15) is 12.2 Å². The third kappa shape index (κ3) is 4.35. The molecule has 8 heteroatoms. The zero-order chi connectivity index (χ0) is 17.0. The molecule has 1 aromatic carbocycles. The van der Waals surface area contributed by atoms with Crippen LogP contribution in [-0.4, -0.2) is 41.1 Å². The van der Waals surface area contributed by atoms with Crippen LogP contribution in [0.25, 0.3) is 11.0 Å². The van der Waals surface area contributed by atoms with E-state index in [0.717, 1.165) is 0 Å². The largest absolute Gasteiger partial charge is 0.478 e. The Bertz CT molecular complexity index is 716. The summed E-state index contributed by atoms with van der Waals surface area (Å²) in [7, 11) is 0. The molecule has 0 unspecified atom stereocenters. The fourth-order valence-electron chi connectivity index (χ4n) is 1.86. The molecule has 1 heterocycles. The monoisotopic (exact) mass is 322 g/mol. The maximum Gasteiger partial charge on any atom is 0.407 e. The third-order valence-corrected chi connectivity index (χ3v) is 2.71. The van der Waals surface area contributed by atoms with Crippen molar-refractivity contribution in [3.8, 4) is 5.88 Å². The Morgan fingerprint density at radius 2 is 2.09 bits per heavy atom. The zero-order valence-electron chi connectivity index (χ0n) is 13.1. The van der Waals surface area contributed by atoms with Crippen molar-refractivity contribution in [2.45, 2.75) is 26.4 Å². The number of rotatable bonds is 5. The van der Waals surface area contributed by atoms with Gasteiger partial charge >= 0.3 is 12.1 Å². The highest BCUT2D eigenvalue weighted by Gasteiger charge is 2.18. The van der Waals surface area contributed by atoms with Crippen molar-refractivity contribution in [2.24, 2.45) is 0 Å². The average Bonchev–Trinajstić information content (AvgIpc) is 2.84. The van der Waals surface area contributed by atoms with Gasteiger partial charge in [-0.3, -0.25) is 0 Å². The molecule has 0 saturated heterocycles. The summed E-state index contributed by atoms with van der Waals surface area (Å²) in [5.74, 6) is -1.03. The topological polar surface area (TPSA) is 111 Å². The van der Waals surface area contributed by atoms with E-state index in [1.165, 1.54) is 6.07 Å². The molecule has 2 aromatic rings. The standard InChI is InChI=1S/C15H18N2O6/c1-15(2,3)22-14(20)16-7-8-21-12-11-9(13(18)19)5-4-6-10(11)23-17-12/h4-6H,7-8H2,1-3H3,(H,16,20)(H,18,19). The first-order valence-electron chi connectivity index (χ1n) is 6.99. The van der Waals surface area contributed by atoms with Gasteiger partial charge in [-0.05, 0) is 38.1 Å². The van der Waals surface area contributed by atoms with Gasteiger partial charge in [-0.2, -0.15) is 0 Å². The van der Waals surface area contributed by atoms with Gasteiger partial charge in [0, 0.05) is 0 Å². The summed E-state index contributed by atoms with van der Waals surface area (Å²) in [6.07, 6.45) is -0.558. The predicted octanol–water partition coefficient (Wildman–Crippen LogP) is 2.43. The van der Waals surface area contributed by atoms with E-state index in [0.29, 0.717) is 5.58 Å². The second-order valence-corrected chi connectivity index (χ2v) is 5.75. The molecular weight excluding hydrogens is 304 g/mol. The third-order valence-electron chi connectivity index (χ3n) is 2.71. The van der Waals surface area contributed by atoms with E-state index in [1.54, 1.807) is 32.9 Å². The number of carboxylic acids is 1. The number of aromatic carboxylic acids is 1. The van der Waals surface area contributed by atoms with Crippen molar-refractivity contribution in [1.82, 2.24) is 10.5 Å². The van der Waals surface area contributed by atoms with Crippen LogP contribution in [0, 0.1) is 0 Å². The highest BCUT2D eigenvalue weighted by molar-refractivity contribution is 6.04. The molecule has 0 spiro atoms. The van der Waals surface area contributed by atoms with Crippen molar-refractivity contribution in [3.05, 3.63) is 23.8 Å². The number of alkyl carbamates (subject to hydrolysis) is 1. The van der Waals surface area contributed by atoms with Crippen molar-refractivity contribution < 1.29 is 28.7 Å². The van der Waals surface area contributed by atoms with E-state index in [4.69, 9.17) is 14.0 Å². The number of nitrogens with zero attached hydrogens (tertiary/aromatic N) is 1. The lowest BCUT2D eigenvalue weighted by atomic mass is 10.1. The van der Waals surface area contributed by atoms with Gasteiger partial charge < -0.3 is 24.4 Å². The summed E-state index contributed by atoms with van der Waals surface area (Å²) in [6.45, 7) is 5.56. The number of carbonyl (C=O) groups is 2. The molecule has 1 aromatic heterocycles. The van der Waals surface area contributed by atoms with E-state index in [9.17, 15) is 14.7 Å². The van der Waals surface area contributed by atoms with Crippen LogP contribution < -0.4 is 10.1 Å². The summed E-state index contributed by atoms with van der Waals surface area (Å²) >= 11 is 0. The minimum Gasteiger partial charge on any atom is -0.478 e. The van der Waals surface area contributed by atoms with E-state index in [1.807, 2.05) is 0 Å². The lowest BCUT2D eigenvalue weighted by Crippen LogP contribution is -2.34. The number of carboxylic acid groups (broad SMARTS) is 1. The Hall–Kier alpha value is -2.77. The Balaban J connectivity index is 1.96. The van der Waals surface area contributed by atoms with Crippen molar-refractivity contribution in [1.29, 1.82) is 0 Å². The lowest BCUT2D eigenvalue weighted by molar-refractivity contribution is 0.0519. The SMILES string of the molecule is CC(C)(C)OC(=O)NCCOc1noc2cccc(C(=O)O)c12. The molecule has 2 N–H and O–H groups in total. The molecule has 1 amide bonds. The van der Waals surface area contributed by atoms with Crippen molar-refractivity contribution in [3.63, 3.8) is 0 Å². The van der Waals surface area contributed by atoms with E-state index >= 15 is 0 Å². The number of hydrogen-bond donors (Lipinski definition) is 2. The van der Waals surface area contributed by atoms with Crippen LogP contribution in [0.4, 0.5) is 4.79 Å². The van der Waals surface area contributed by atoms with Gasteiger partial charge in [0.15, 0.2) is 5.58 Å². The molecule has 0 bridgehead atoms. The first-order chi connectivity index (χ1) is 10.8. The molecule has 23 heavy (non-hydrogen) atoms. The number of fused-ring (bicyclic) bond motifs is 1. The Morgan fingerprint density at radius 3 is 2.74 bits per heavy atom. The summed E-state index contributed by atoms with van der Waals surface area (Å²) in [5, 5.41) is 15.7. The second-order valence-electron chi connectivity index (χ2n) is 5.75. The molecule has 0 atom stereocenters. The van der Waals surface area contributed by atoms with Gasteiger partial charge in [0.25, 0.3) is 5.88 Å². The highest BCUT2D eigenvalue weighted by Crippen LogP contribution is 2.28. The Morgan fingerprint density at radius 1 is 1.35 bits per heavy atom. The number of hydrogen-bond acceptors (Lipinski definition) is 6. The molecular formula is C15H18N2O6. The number of aromatic nitrogens is 1. The van der Waals surface area contributed by atoms with E-state index in [-0.39, 0.29) is 30.0 Å². The molecule has 0 saturated carbocycles. The van der Waals surface area contributed by atoms with Crippen molar-refractivity contribution >= 4 is 23.0 Å². The van der Waals surface area contributed by atoms with Gasteiger partial charge in [-0.25, -0.2) is 9.59 Å². The summed E-state index contributed by atoms with van der Waals surface area (Å²) in [6, 6.07) is 4.60. The number of carbonyl (C=O) groups excluding carboxylic acids is 1. The molecule has 124 valence electrons. The molecule has 8 nitrogen and oxygen atoms in total. The number of benzene rings is 1. The second kappa shape index (κ2) is 6.55. The number of ether oxygens (including phenoxy) is 2. The smallest absolute Gasteiger partial charge is 0.407 e. The molecule has 0 aliphatic heterocycles. The maximum absolute atomic E-state index is 11.5. The Kier molecular flexibility index (Phi) is 4.73. The molecule has 0 radical (unpaired) electrons. The minimum absolute atomic E-state index is 0.0406. The van der Waals surface area contributed by atoms with Crippen LogP contribution in [0.3, 0.4) is 0 Å². The van der Waals surface area contributed by atoms with Crippen LogP contribution in [0.15, 0.2) is 22.7 Å². The van der Waals surface area contributed by atoms with Gasteiger partial charge in [0.05, 0.1) is 17.5 Å². The normalized spacial score (nSPS) is 11.3. The predicted molar refractivity (Wildman–Crippen MR) is 80.7 cm³/mol. The Labute approximate surface area is 132 Å². The molecule has 0 aliphatic carbocycles. The van der Waals surface area contributed by atoms with Gasteiger partial charge in [-0.1, -0.05) is 6.07 Å². The highest BCUT2D eigenvalue weighted by atomic mass is 16.6. The minimum atomic E-state index is -1.10. The van der Waals surface area contributed by atoms with Crippen LogP contribution in [0.5, 0.6) is 5.88 Å². The fraction of sp³-hybridized carbons (Fsp3) is 0.400. The van der Waals surface area contributed by atoms with Gasteiger partial charge in [0.2, 0.25) is 0 Å². The van der Waals surface area contributed by atoms with Gasteiger partial charge in [-0.15, -0.1) is 0 Å². The van der Waals surface area contributed by atoms with Crippen molar-refractivity contribution in [2.75, 3.05) is 13.2 Å². The quantitative estimate of drug-likeness (QED) is 0.813. The summed E-state index contributed by atoms with van der Waals surface area (Å²) < 4.78 is 15.5. The lowest BCUT2D eigenvalue weighted by Gasteiger charge is -2.19. The summed E-state index contributed by atoms with van der Waals surface area (Å²) in [5.41, 5.74) is -0.220. The fourth-order valence-corrected chi connectivity index (χ4v) is 1.86. The van der Waals surface area contributed by atoms with Crippen LogP contribution in [0.1, 0.15) is 31.1 Å². The van der Waals surface area contributed by atoms with Crippen LogP contribution in [-0.2, 0) is 4.74 Å². The van der Waals surface area contributed by atoms with E-state index < -0.39 is 17.7 Å². The zero-order valence-corrected chi connectivity index (χ0v) is 13.1. The molecule has 0 aliphatic rings. The van der Waals surface area contributed by atoms with Crippen LogP contribution >= 0.6 is 0 Å². The first-order valence-corrected chi connectivity index (χ1v) is 6.99. The number of nitrogens with one attached hydrogen (secondary N) is 1. The van der Waals surface area contributed by atoms with E-state index in [2.05, 4.69) is 10.5 Å². The first kappa shape index (κ1) is 16.6. The number of amides is 1.